The number of fused-ring (bicyclic) bond motifs is 1. The van der Waals surface area contributed by atoms with E-state index in [0.29, 0.717) is 46.3 Å². The van der Waals surface area contributed by atoms with E-state index in [0.717, 1.165) is 0 Å². The largest absolute Gasteiger partial charge is 0.495 e. The highest BCUT2D eigenvalue weighted by Gasteiger charge is 2.23. The second-order valence-electron chi connectivity index (χ2n) is 8.00. The molecule has 10 nitrogen and oxygen atoms in total. The lowest BCUT2D eigenvalue weighted by atomic mass is 10.0. The van der Waals surface area contributed by atoms with Crippen molar-refractivity contribution in [1.29, 1.82) is 0 Å². The quantitative estimate of drug-likeness (QED) is 0.288. The number of carbonyl (C=O) groups is 1. The Hall–Kier alpha value is -4.15. The Morgan fingerprint density at radius 3 is 2.39 bits per heavy atom. The monoisotopic (exact) mass is 554 g/mol. The number of carbonyl (C=O) groups excluding carboxylic acids is 1. The molecule has 0 saturated carbocycles. The molecule has 0 aliphatic rings. The zero-order valence-electron chi connectivity index (χ0n) is 20.8. The zero-order chi connectivity index (χ0) is 27.4. The van der Waals surface area contributed by atoms with E-state index in [9.17, 15) is 9.59 Å². The van der Waals surface area contributed by atoms with Crippen molar-refractivity contribution in [1.82, 2.24) is 19.5 Å². The summed E-state index contributed by atoms with van der Waals surface area (Å²) in [7, 11) is 4.62. The highest BCUT2D eigenvalue weighted by atomic mass is 35.5. The topological polar surface area (TPSA) is 120 Å². The molecule has 3 heterocycles. The first-order chi connectivity index (χ1) is 18.3. The van der Waals surface area contributed by atoms with E-state index < -0.39 is 0 Å². The number of rotatable bonds is 9. The number of aromatic nitrogens is 4. The van der Waals surface area contributed by atoms with Gasteiger partial charge in [-0.15, -0.1) is 0 Å². The summed E-state index contributed by atoms with van der Waals surface area (Å²) in [6.07, 6.45) is 4.73. The van der Waals surface area contributed by atoms with E-state index in [1.807, 2.05) is 0 Å². The predicted octanol–water partition coefficient (Wildman–Crippen LogP) is 4.59. The third-order valence-electron chi connectivity index (χ3n) is 5.76. The van der Waals surface area contributed by atoms with Crippen LogP contribution in [0.1, 0.15) is 5.69 Å². The van der Waals surface area contributed by atoms with Crippen LogP contribution in [-0.4, -0.2) is 46.7 Å². The molecule has 0 aliphatic heterocycles. The molecule has 0 spiro atoms. The van der Waals surface area contributed by atoms with Crippen LogP contribution in [0.15, 0.2) is 54.1 Å². The molecular weight excluding hydrogens is 531 g/mol. The minimum Gasteiger partial charge on any atom is -0.495 e. The van der Waals surface area contributed by atoms with Crippen molar-refractivity contribution in [2.24, 2.45) is 0 Å². The second-order valence-corrected chi connectivity index (χ2v) is 8.76. The number of nitrogens with one attached hydrogen (secondary N) is 2. The molecule has 0 saturated heterocycles. The minimum absolute atomic E-state index is 0.174. The Labute approximate surface area is 228 Å². The SMILES string of the molecule is C=CC(=O)Nc1ccc(CCn2c(=O)c(-c3c(Cl)c(OC)cc(OC)c3Cl)cc3cnc(NC)nc32)nc1. The van der Waals surface area contributed by atoms with Crippen molar-refractivity contribution in [3.05, 3.63) is 75.4 Å². The standard InChI is InChI=1S/C26H24Cl2N6O4/c1-5-20(35)32-16-7-6-15(30-13-16)8-9-34-24-14(12-31-26(29-2)33-24)10-17(25(34)36)21-22(27)18(37-3)11-19(38-4)23(21)28/h5-7,10-13H,1,8-9H2,2-4H3,(H,32,35)(H,29,31,33). The maximum Gasteiger partial charge on any atom is 0.260 e. The number of nitrogens with zero attached hydrogens (tertiary/aromatic N) is 4. The molecule has 0 fully saturated rings. The van der Waals surface area contributed by atoms with Gasteiger partial charge in [0.1, 0.15) is 17.1 Å². The Bertz CT molecular complexity index is 1560. The zero-order valence-corrected chi connectivity index (χ0v) is 22.4. The van der Waals surface area contributed by atoms with Crippen LogP contribution in [0.2, 0.25) is 10.0 Å². The van der Waals surface area contributed by atoms with Crippen LogP contribution in [0.3, 0.4) is 0 Å². The van der Waals surface area contributed by atoms with Crippen LogP contribution in [0, 0.1) is 0 Å². The molecule has 38 heavy (non-hydrogen) atoms. The molecule has 1 amide bonds. The molecule has 0 atom stereocenters. The van der Waals surface area contributed by atoms with Gasteiger partial charge in [-0.3, -0.25) is 19.1 Å². The first-order valence-electron chi connectivity index (χ1n) is 11.4. The summed E-state index contributed by atoms with van der Waals surface area (Å²) < 4.78 is 12.3. The van der Waals surface area contributed by atoms with Crippen LogP contribution in [0.5, 0.6) is 11.5 Å². The van der Waals surface area contributed by atoms with Crippen LogP contribution in [0.4, 0.5) is 11.6 Å². The van der Waals surface area contributed by atoms with Gasteiger partial charge in [0.2, 0.25) is 11.9 Å². The van der Waals surface area contributed by atoms with Gasteiger partial charge in [0, 0.05) is 48.9 Å². The summed E-state index contributed by atoms with van der Waals surface area (Å²) in [5, 5.41) is 6.49. The molecule has 196 valence electrons. The average molecular weight is 555 g/mol. The van der Waals surface area contributed by atoms with Gasteiger partial charge in [0.15, 0.2) is 0 Å². The molecule has 2 N–H and O–H groups in total. The maximum absolute atomic E-state index is 13.9. The average Bonchev–Trinajstić information content (AvgIpc) is 2.93. The number of benzene rings is 1. The van der Waals surface area contributed by atoms with Gasteiger partial charge in [-0.1, -0.05) is 29.8 Å². The van der Waals surface area contributed by atoms with Crippen molar-refractivity contribution in [3.63, 3.8) is 0 Å². The molecule has 3 aromatic heterocycles. The van der Waals surface area contributed by atoms with Crippen molar-refractivity contribution in [3.8, 4) is 22.6 Å². The van der Waals surface area contributed by atoms with E-state index in [2.05, 4.69) is 32.2 Å². The third-order valence-corrected chi connectivity index (χ3v) is 6.51. The minimum atomic E-state index is -0.368. The lowest BCUT2D eigenvalue weighted by Gasteiger charge is -2.17. The molecule has 12 heteroatoms. The molecule has 0 unspecified atom stereocenters. The van der Waals surface area contributed by atoms with Crippen LogP contribution < -0.4 is 25.7 Å². The van der Waals surface area contributed by atoms with E-state index in [4.69, 9.17) is 32.7 Å². The van der Waals surface area contributed by atoms with E-state index in [1.54, 1.807) is 37.5 Å². The van der Waals surface area contributed by atoms with Crippen molar-refractivity contribution < 1.29 is 14.3 Å². The van der Waals surface area contributed by atoms with Crippen molar-refractivity contribution >= 4 is 51.8 Å². The molecule has 1 aromatic carbocycles. The summed E-state index contributed by atoms with van der Waals surface area (Å²) in [5.74, 6) is 0.644. The Morgan fingerprint density at radius 2 is 1.82 bits per heavy atom. The number of halogens is 2. The molecule has 0 radical (unpaired) electrons. The smallest absolute Gasteiger partial charge is 0.260 e. The summed E-state index contributed by atoms with van der Waals surface area (Å²) >= 11 is 13.3. The number of amides is 1. The van der Waals surface area contributed by atoms with Gasteiger partial charge in [-0.25, -0.2) is 4.98 Å². The first kappa shape index (κ1) is 26.9. The van der Waals surface area contributed by atoms with Crippen LogP contribution in [-0.2, 0) is 17.8 Å². The van der Waals surface area contributed by atoms with Gasteiger partial charge in [-0.2, -0.15) is 4.98 Å². The Kier molecular flexibility index (Phi) is 8.13. The fourth-order valence-electron chi connectivity index (χ4n) is 3.85. The highest BCUT2D eigenvalue weighted by molar-refractivity contribution is 6.41. The maximum atomic E-state index is 13.9. The summed E-state index contributed by atoms with van der Waals surface area (Å²) in [4.78, 5) is 38.7. The second kappa shape index (κ2) is 11.5. The van der Waals surface area contributed by atoms with E-state index in [1.165, 1.54) is 31.1 Å². The van der Waals surface area contributed by atoms with E-state index >= 15 is 0 Å². The number of anilines is 2. The van der Waals surface area contributed by atoms with Gasteiger partial charge in [0.05, 0.1) is 41.7 Å². The van der Waals surface area contributed by atoms with Gasteiger partial charge < -0.3 is 20.1 Å². The predicted molar refractivity (Wildman–Crippen MR) is 149 cm³/mol. The molecule has 0 bridgehead atoms. The fourth-order valence-corrected chi connectivity index (χ4v) is 4.56. The number of pyridine rings is 2. The summed E-state index contributed by atoms with van der Waals surface area (Å²) in [5.41, 5.74) is 1.81. The van der Waals surface area contributed by atoms with Gasteiger partial charge in [0.25, 0.3) is 5.56 Å². The molecular formula is C26H24Cl2N6O4. The number of hydrogen-bond donors (Lipinski definition) is 2. The highest BCUT2D eigenvalue weighted by Crippen LogP contribution is 2.45. The number of methoxy groups -OCH3 is 2. The molecule has 0 aliphatic carbocycles. The Morgan fingerprint density at radius 1 is 1.11 bits per heavy atom. The normalized spacial score (nSPS) is 10.8. The fraction of sp³-hybridized carbons (Fsp3) is 0.192. The summed E-state index contributed by atoms with van der Waals surface area (Å²) in [6, 6.07) is 6.70. The lowest BCUT2D eigenvalue weighted by molar-refractivity contribution is -0.111. The van der Waals surface area contributed by atoms with Crippen LogP contribution >= 0.6 is 23.2 Å². The third kappa shape index (κ3) is 5.27. The van der Waals surface area contributed by atoms with Crippen molar-refractivity contribution in [2.75, 3.05) is 31.9 Å². The number of aryl methyl sites for hydroxylation is 2. The lowest BCUT2D eigenvalue weighted by Crippen LogP contribution is -2.24. The van der Waals surface area contributed by atoms with Gasteiger partial charge >= 0.3 is 0 Å². The number of hydrogen-bond acceptors (Lipinski definition) is 8. The molecule has 4 rings (SSSR count). The number of ether oxygens (including phenoxy) is 2. The molecule has 4 aromatic rings. The van der Waals surface area contributed by atoms with Crippen molar-refractivity contribution in [2.45, 2.75) is 13.0 Å². The Balaban J connectivity index is 1.83. The summed E-state index contributed by atoms with van der Waals surface area (Å²) in [6.45, 7) is 3.67. The van der Waals surface area contributed by atoms with Gasteiger partial charge in [-0.05, 0) is 24.3 Å². The van der Waals surface area contributed by atoms with Crippen LogP contribution in [0.25, 0.3) is 22.2 Å². The van der Waals surface area contributed by atoms with E-state index in [-0.39, 0.29) is 39.2 Å². The first-order valence-corrected chi connectivity index (χ1v) is 12.1.